The summed E-state index contributed by atoms with van der Waals surface area (Å²) in [6.45, 7) is 6.08. The molecule has 186 valence electrons. The lowest BCUT2D eigenvalue weighted by Crippen LogP contribution is -2.48. The van der Waals surface area contributed by atoms with E-state index in [2.05, 4.69) is 34.1 Å². The Balaban J connectivity index is 0.933. The molecule has 2 aromatic rings. The minimum absolute atomic E-state index is 0.0340. The molecule has 7 rings (SSSR count). The predicted octanol–water partition coefficient (Wildman–Crippen LogP) is 4.26. The Labute approximate surface area is 211 Å². The monoisotopic (exact) mass is 492 g/mol. The van der Waals surface area contributed by atoms with Gasteiger partial charge >= 0.3 is 0 Å². The first kappa shape index (κ1) is 22.2. The molecule has 3 heterocycles. The molecule has 2 bridgehead atoms. The molecule has 0 radical (unpaired) electrons. The highest BCUT2D eigenvalue weighted by Crippen LogP contribution is 2.56. The number of imide groups is 1. The minimum atomic E-state index is 0.0340. The van der Waals surface area contributed by atoms with Crippen molar-refractivity contribution >= 4 is 39.3 Å². The minimum Gasteiger partial charge on any atom is -0.353 e. The second kappa shape index (κ2) is 8.84. The highest BCUT2D eigenvalue weighted by Gasteiger charge is 2.60. The van der Waals surface area contributed by atoms with Crippen LogP contribution in [0.3, 0.4) is 0 Å². The van der Waals surface area contributed by atoms with Crippen LogP contribution in [-0.4, -0.2) is 65.3 Å². The van der Waals surface area contributed by atoms with Crippen LogP contribution in [0.5, 0.6) is 0 Å². The number of aromatic nitrogens is 1. The van der Waals surface area contributed by atoms with E-state index in [-0.39, 0.29) is 23.7 Å². The van der Waals surface area contributed by atoms with Crippen LogP contribution >= 0.6 is 11.5 Å². The van der Waals surface area contributed by atoms with Gasteiger partial charge in [-0.3, -0.25) is 19.4 Å². The standard InChI is InChI=1S/C28H36N4O2S/c33-27-24-20-8-9-21(15-20)25(24)28(34)32(27)17-19-5-3-4-18(14-19)16-30-10-12-31(13-11-30)26-22-6-1-2-7-23(22)35-29-26/h1-2,6-7,18-21,24-25H,3-5,8-17H2. The fourth-order valence-corrected chi connectivity index (χ4v) is 9.05. The van der Waals surface area contributed by atoms with Gasteiger partial charge in [0.25, 0.3) is 0 Å². The molecule has 2 saturated heterocycles. The number of rotatable bonds is 5. The number of piperazine rings is 1. The molecule has 6 atom stereocenters. The summed E-state index contributed by atoms with van der Waals surface area (Å²) in [4.78, 5) is 33.1. The molecule has 0 N–H and O–H groups in total. The zero-order valence-corrected chi connectivity index (χ0v) is 21.3. The molecular weight excluding hydrogens is 456 g/mol. The van der Waals surface area contributed by atoms with Crippen molar-refractivity contribution in [2.24, 2.45) is 35.5 Å². The lowest BCUT2D eigenvalue weighted by Gasteiger charge is -2.39. The smallest absolute Gasteiger partial charge is 0.233 e. The summed E-state index contributed by atoms with van der Waals surface area (Å²) in [7, 11) is 0. The summed E-state index contributed by atoms with van der Waals surface area (Å²) < 4.78 is 6.02. The number of amides is 2. The number of fused-ring (bicyclic) bond motifs is 6. The largest absolute Gasteiger partial charge is 0.353 e. The first-order valence-electron chi connectivity index (χ1n) is 13.8. The zero-order chi connectivity index (χ0) is 23.5. The summed E-state index contributed by atoms with van der Waals surface area (Å²) in [6.07, 6.45) is 8.29. The topological polar surface area (TPSA) is 56.8 Å². The van der Waals surface area contributed by atoms with E-state index in [1.54, 1.807) is 16.4 Å². The van der Waals surface area contributed by atoms with Crippen molar-refractivity contribution in [3.8, 4) is 0 Å². The molecular formula is C28H36N4O2S. The Morgan fingerprint density at radius 3 is 2.26 bits per heavy atom. The van der Waals surface area contributed by atoms with Crippen LogP contribution in [0.15, 0.2) is 24.3 Å². The van der Waals surface area contributed by atoms with Gasteiger partial charge in [-0.05, 0) is 85.9 Å². The summed E-state index contributed by atoms with van der Waals surface area (Å²) in [5.74, 6) is 3.74. The highest BCUT2D eigenvalue weighted by atomic mass is 32.1. The number of nitrogens with zero attached hydrogens (tertiary/aromatic N) is 4. The van der Waals surface area contributed by atoms with Crippen LogP contribution in [-0.2, 0) is 9.59 Å². The van der Waals surface area contributed by atoms with Crippen LogP contribution in [0.1, 0.15) is 44.9 Å². The van der Waals surface area contributed by atoms with Gasteiger partial charge < -0.3 is 4.90 Å². The second-order valence-corrected chi connectivity index (χ2v) is 12.7. The second-order valence-electron chi connectivity index (χ2n) is 11.9. The lowest BCUT2D eigenvalue weighted by molar-refractivity contribution is -0.141. The van der Waals surface area contributed by atoms with Gasteiger partial charge in [0.05, 0.1) is 16.5 Å². The van der Waals surface area contributed by atoms with Crippen molar-refractivity contribution in [3.05, 3.63) is 24.3 Å². The van der Waals surface area contributed by atoms with Gasteiger partial charge in [0.1, 0.15) is 5.82 Å². The van der Waals surface area contributed by atoms with Gasteiger partial charge in [-0.2, -0.15) is 4.37 Å². The average Bonchev–Trinajstić information content (AvgIpc) is 3.65. The van der Waals surface area contributed by atoms with Crippen molar-refractivity contribution in [3.63, 3.8) is 0 Å². The SMILES string of the molecule is O=C1C2C3CCC(C3)C2C(=O)N1CC1CCCC(CN2CCN(c3nsc4ccccc34)CC2)C1. The molecule has 5 fully saturated rings. The number of benzene rings is 1. The third kappa shape index (κ3) is 3.81. The zero-order valence-electron chi connectivity index (χ0n) is 20.5. The van der Waals surface area contributed by atoms with Gasteiger partial charge in [0.15, 0.2) is 0 Å². The molecule has 35 heavy (non-hydrogen) atoms. The first-order chi connectivity index (χ1) is 17.2. The van der Waals surface area contributed by atoms with E-state index >= 15 is 0 Å². The van der Waals surface area contributed by atoms with Gasteiger partial charge in [0.2, 0.25) is 11.8 Å². The molecule has 3 aliphatic carbocycles. The Bertz CT molecular complexity index is 1100. The van der Waals surface area contributed by atoms with Crippen molar-refractivity contribution in [2.45, 2.75) is 44.9 Å². The molecule has 7 heteroatoms. The highest BCUT2D eigenvalue weighted by molar-refractivity contribution is 7.13. The van der Waals surface area contributed by atoms with E-state index in [0.717, 1.165) is 64.2 Å². The Morgan fingerprint density at radius 1 is 0.829 bits per heavy atom. The normalized spacial score (nSPS) is 35.4. The van der Waals surface area contributed by atoms with E-state index in [0.29, 0.717) is 30.2 Å². The van der Waals surface area contributed by atoms with E-state index in [1.165, 1.54) is 29.3 Å². The van der Waals surface area contributed by atoms with E-state index in [4.69, 9.17) is 4.37 Å². The van der Waals surface area contributed by atoms with Crippen LogP contribution in [0, 0.1) is 35.5 Å². The number of hydrogen-bond donors (Lipinski definition) is 0. The fourth-order valence-electron chi connectivity index (χ4n) is 8.25. The Morgan fingerprint density at radius 2 is 1.51 bits per heavy atom. The average molecular weight is 493 g/mol. The molecule has 1 aromatic carbocycles. The van der Waals surface area contributed by atoms with Crippen LogP contribution in [0.25, 0.3) is 10.1 Å². The molecule has 3 saturated carbocycles. The summed E-state index contributed by atoms with van der Waals surface area (Å²) in [5, 5.41) is 1.28. The quantitative estimate of drug-likeness (QED) is 0.584. The summed E-state index contributed by atoms with van der Waals surface area (Å²) in [5.41, 5.74) is 0. The number of carbonyl (C=O) groups excluding carboxylic acids is 2. The maximum absolute atomic E-state index is 13.2. The molecule has 6 nitrogen and oxygen atoms in total. The lowest BCUT2D eigenvalue weighted by atomic mass is 9.80. The maximum Gasteiger partial charge on any atom is 0.233 e. The third-order valence-corrected chi connectivity index (χ3v) is 10.7. The van der Waals surface area contributed by atoms with Crippen LogP contribution < -0.4 is 4.90 Å². The number of likely N-dealkylation sites (tertiary alicyclic amines) is 1. The molecule has 2 aliphatic heterocycles. The van der Waals surface area contributed by atoms with E-state index in [1.807, 2.05) is 0 Å². The van der Waals surface area contributed by atoms with Gasteiger partial charge in [-0.1, -0.05) is 18.6 Å². The molecule has 2 amide bonds. The Hall–Kier alpha value is -1.99. The van der Waals surface area contributed by atoms with E-state index in [9.17, 15) is 9.59 Å². The number of anilines is 1. The fraction of sp³-hybridized carbons (Fsp3) is 0.679. The maximum atomic E-state index is 13.2. The van der Waals surface area contributed by atoms with Crippen molar-refractivity contribution in [2.75, 3.05) is 44.2 Å². The van der Waals surface area contributed by atoms with Gasteiger partial charge in [0, 0.05) is 44.7 Å². The first-order valence-corrected chi connectivity index (χ1v) is 14.6. The number of hydrogen-bond acceptors (Lipinski definition) is 6. The van der Waals surface area contributed by atoms with Crippen molar-refractivity contribution in [1.29, 1.82) is 0 Å². The molecule has 1 aromatic heterocycles. The van der Waals surface area contributed by atoms with Gasteiger partial charge in [-0.15, -0.1) is 0 Å². The van der Waals surface area contributed by atoms with Crippen molar-refractivity contribution in [1.82, 2.24) is 14.2 Å². The van der Waals surface area contributed by atoms with Crippen LogP contribution in [0.4, 0.5) is 5.82 Å². The van der Waals surface area contributed by atoms with Crippen molar-refractivity contribution < 1.29 is 9.59 Å². The Kier molecular flexibility index (Phi) is 5.61. The number of carbonyl (C=O) groups is 2. The van der Waals surface area contributed by atoms with Gasteiger partial charge in [-0.25, -0.2) is 0 Å². The molecule has 0 spiro atoms. The summed E-state index contributed by atoms with van der Waals surface area (Å²) >= 11 is 1.60. The summed E-state index contributed by atoms with van der Waals surface area (Å²) in [6, 6.07) is 8.54. The van der Waals surface area contributed by atoms with Crippen LogP contribution in [0.2, 0.25) is 0 Å². The third-order valence-electron chi connectivity index (χ3n) is 9.90. The molecule has 5 aliphatic rings. The predicted molar refractivity (Wildman–Crippen MR) is 138 cm³/mol. The van der Waals surface area contributed by atoms with E-state index < -0.39 is 0 Å². The molecule has 6 unspecified atom stereocenters.